The summed E-state index contributed by atoms with van der Waals surface area (Å²) in [6, 6.07) is 21.7. The first-order valence-corrected chi connectivity index (χ1v) is 12.7. The number of nitrogens with zero attached hydrogens (tertiary/aromatic N) is 2. The first kappa shape index (κ1) is 22.2. The van der Waals surface area contributed by atoms with Gasteiger partial charge in [0.15, 0.2) is 0 Å². The van der Waals surface area contributed by atoms with Crippen LogP contribution in [0.5, 0.6) is 0 Å². The van der Waals surface area contributed by atoms with Crippen LogP contribution in [0.15, 0.2) is 77.0 Å². The van der Waals surface area contributed by atoms with Crippen molar-refractivity contribution in [2.24, 2.45) is 5.92 Å². The number of nitriles is 1. The van der Waals surface area contributed by atoms with E-state index in [1.807, 2.05) is 53.9 Å². The van der Waals surface area contributed by atoms with Crippen molar-refractivity contribution in [2.75, 3.05) is 13.1 Å². The first-order valence-electron chi connectivity index (χ1n) is 10.4. The zero-order valence-electron chi connectivity index (χ0n) is 17.3. The molecule has 0 radical (unpaired) electrons. The van der Waals surface area contributed by atoms with E-state index < -0.39 is 10.0 Å². The van der Waals surface area contributed by atoms with Crippen molar-refractivity contribution < 1.29 is 13.2 Å². The Morgan fingerprint density at radius 3 is 2.38 bits per heavy atom. The molecule has 1 atom stereocenters. The Labute approximate surface area is 192 Å². The van der Waals surface area contributed by atoms with Crippen LogP contribution in [0.4, 0.5) is 0 Å². The van der Waals surface area contributed by atoms with E-state index in [0.29, 0.717) is 12.8 Å². The van der Waals surface area contributed by atoms with E-state index in [-0.39, 0.29) is 41.4 Å². The third kappa shape index (κ3) is 4.60. The van der Waals surface area contributed by atoms with Crippen LogP contribution in [0.25, 0.3) is 0 Å². The van der Waals surface area contributed by atoms with Crippen LogP contribution in [-0.2, 0) is 14.8 Å². The van der Waals surface area contributed by atoms with Crippen LogP contribution in [-0.4, -0.2) is 31.7 Å². The van der Waals surface area contributed by atoms with Crippen LogP contribution in [0.2, 0.25) is 0 Å². The second-order valence-corrected chi connectivity index (χ2v) is 10.5. The van der Waals surface area contributed by atoms with Crippen molar-refractivity contribution >= 4 is 27.3 Å². The number of hydrogen-bond donors (Lipinski definition) is 1. The number of amides is 1. The number of hydrogen-bond acceptors (Lipinski definition) is 5. The van der Waals surface area contributed by atoms with Gasteiger partial charge in [-0.05, 0) is 42.0 Å². The third-order valence-electron chi connectivity index (χ3n) is 5.70. The summed E-state index contributed by atoms with van der Waals surface area (Å²) in [6.45, 7) is 0.490. The van der Waals surface area contributed by atoms with Gasteiger partial charge in [-0.25, -0.2) is 8.42 Å². The van der Waals surface area contributed by atoms with Gasteiger partial charge in [-0.1, -0.05) is 48.5 Å². The molecule has 6 nitrogen and oxygen atoms in total. The summed E-state index contributed by atoms with van der Waals surface area (Å²) >= 11 is 1.59. The van der Waals surface area contributed by atoms with E-state index in [9.17, 15) is 18.5 Å². The van der Waals surface area contributed by atoms with Gasteiger partial charge in [0.05, 0.1) is 16.5 Å². The molecule has 4 rings (SSSR count). The average Bonchev–Trinajstić information content (AvgIpc) is 3.37. The summed E-state index contributed by atoms with van der Waals surface area (Å²) in [4.78, 5) is 14.2. The van der Waals surface area contributed by atoms with E-state index in [1.165, 1.54) is 16.4 Å². The molecule has 1 aromatic heterocycles. The Balaban J connectivity index is 1.45. The van der Waals surface area contributed by atoms with Crippen molar-refractivity contribution in [3.63, 3.8) is 0 Å². The summed E-state index contributed by atoms with van der Waals surface area (Å²) in [7, 11) is -3.77. The van der Waals surface area contributed by atoms with E-state index in [1.54, 1.807) is 23.5 Å². The number of carbonyl (C=O) groups is 1. The molecule has 1 unspecified atom stereocenters. The normalized spacial score (nSPS) is 16.2. The molecule has 8 heteroatoms. The molecule has 3 aromatic rings. The molecule has 2 heterocycles. The number of rotatable bonds is 6. The van der Waals surface area contributed by atoms with Gasteiger partial charge in [0.1, 0.15) is 6.07 Å². The van der Waals surface area contributed by atoms with Gasteiger partial charge >= 0.3 is 0 Å². The predicted molar refractivity (Wildman–Crippen MR) is 123 cm³/mol. The quantitative estimate of drug-likeness (QED) is 0.597. The van der Waals surface area contributed by atoms with Crippen molar-refractivity contribution in [2.45, 2.75) is 23.8 Å². The fraction of sp³-hybridized carbons (Fsp3) is 0.250. The number of benzene rings is 2. The lowest BCUT2D eigenvalue weighted by atomic mass is 9.96. The molecule has 1 saturated heterocycles. The SMILES string of the molecule is N#Cc1ccccc1S(=O)(=O)N1CCC(C(=O)NC(c2ccccc2)c2cccs2)CC1. The monoisotopic (exact) mass is 465 g/mol. The van der Waals surface area contributed by atoms with Crippen LogP contribution in [0, 0.1) is 17.2 Å². The minimum atomic E-state index is -3.77. The van der Waals surface area contributed by atoms with Gasteiger partial charge in [-0.2, -0.15) is 9.57 Å². The molecule has 0 aliphatic carbocycles. The fourth-order valence-corrected chi connectivity index (χ4v) is 6.38. The average molecular weight is 466 g/mol. The highest BCUT2D eigenvalue weighted by Crippen LogP contribution is 2.29. The lowest BCUT2D eigenvalue weighted by Crippen LogP contribution is -2.43. The lowest BCUT2D eigenvalue weighted by Gasteiger charge is -2.31. The van der Waals surface area contributed by atoms with Crippen molar-refractivity contribution in [1.29, 1.82) is 5.26 Å². The highest BCUT2D eigenvalue weighted by molar-refractivity contribution is 7.89. The second kappa shape index (κ2) is 9.65. The molecule has 164 valence electrons. The largest absolute Gasteiger partial charge is 0.344 e. The number of sulfonamides is 1. The number of carbonyl (C=O) groups excluding carboxylic acids is 1. The summed E-state index contributed by atoms with van der Waals surface area (Å²) in [6.07, 6.45) is 0.872. The van der Waals surface area contributed by atoms with Crippen LogP contribution < -0.4 is 5.32 Å². The molecule has 1 amide bonds. The molecule has 1 fully saturated rings. The fourth-order valence-electron chi connectivity index (χ4n) is 3.96. The van der Waals surface area contributed by atoms with Crippen LogP contribution in [0.3, 0.4) is 0 Å². The number of piperidine rings is 1. The molecule has 1 aliphatic heterocycles. The maximum Gasteiger partial charge on any atom is 0.244 e. The molecular formula is C24H23N3O3S2. The van der Waals surface area contributed by atoms with Gasteiger partial charge in [0.25, 0.3) is 0 Å². The van der Waals surface area contributed by atoms with Gasteiger partial charge in [-0.15, -0.1) is 11.3 Å². The smallest absolute Gasteiger partial charge is 0.244 e. The van der Waals surface area contributed by atoms with Gasteiger partial charge < -0.3 is 5.32 Å². The van der Waals surface area contributed by atoms with E-state index in [0.717, 1.165) is 10.4 Å². The maximum atomic E-state index is 13.1. The zero-order chi connectivity index (χ0) is 22.6. The Hall–Kier alpha value is -2.99. The molecule has 0 bridgehead atoms. The standard InChI is InChI=1S/C24H23N3O3S2/c25-17-20-9-4-5-11-22(20)32(29,30)27-14-12-19(13-15-27)24(28)26-23(21-10-6-16-31-21)18-7-2-1-3-8-18/h1-11,16,19,23H,12-15H2,(H,26,28). The Morgan fingerprint density at radius 2 is 1.72 bits per heavy atom. The van der Waals surface area contributed by atoms with E-state index in [4.69, 9.17) is 0 Å². The minimum Gasteiger partial charge on any atom is -0.344 e. The molecule has 1 aliphatic rings. The molecule has 2 aromatic carbocycles. The highest BCUT2D eigenvalue weighted by Gasteiger charge is 2.34. The molecular weight excluding hydrogens is 442 g/mol. The summed E-state index contributed by atoms with van der Waals surface area (Å²) in [5.74, 6) is -0.333. The minimum absolute atomic E-state index is 0.0206. The van der Waals surface area contributed by atoms with Gasteiger partial charge in [0.2, 0.25) is 15.9 Å². The zero-order valence-corrected chi connectivity index (χ0v) is 19.0. The van der Waals surface area contributed by atoms with Crippen molar-refractivity contribution in [1.82, 2.24) is 9.62 Å². The lowest BCUT2D eigenvalue weighted by molar-refractivity contribution is -0.126. The summed E-state index contributed by atoms with van der Waals surface area (Å²) in [5, 5.41) is 14.4. The Morgan fingerprint density at radius 1 is 1.03 bits per heavy atom. The number of thiophene rings is 1. The van der Waals surface area contributed by atoms with Crippen molar-refractivity contribution in [3.05, 3.63) is 88.1 Å². The van der Waals surface area contributed by atoms with Crippen molar-refractivity contribution in [3.8, 4) is 6.07 Å². The summed E-state index contributed by atoms with van der Waals surface area (Å²) < 4.78 is 27.5. The second-order valence-electron chi connectivity index (χ2n) is 7.65. The third-order valence-corrected chi connectivity index (χ3v) is 8.59. The van der Waals surface area contributed by atoms with Crippen LogP contribution >= 0.6 is 11.3 Å². The maximum absolute atomic E-state index is 13.1. The molecule has 1 N–H and O–H groups in total. The first-order chi connectivity index (χ1) is 15.5. The van der Waals surface area contributed by atoms with Gasteiger partial charge in [-0.3, -0.25) is 4.79 Å². The Bertz CT molecular complexity index is 1210. The Kier molecular flexibility index (Phi) is 6.70. The predicted octanol–water partition coefficient (Wildman–Crippen LogP) is 3.93. The topological polar surface area (TPSA) is 90.3 Å². The van der Waals surface area contributed by atoms with E-state index in [2.05, 4.69) is 5.32 Å². The summed E-state index contributed by atoms with van der Waals surface area (Å²) in [5.41, 5.74) is 1.14. The molecule has 32 heavy (non-hydrogen) atoms. The molecule has 0 saturated carbocycles. The van der Waals surface area contributed by atoms with Crippen LogP contribution in [0.1, 0.15) is 34.9 Å². The molecule has 0 spiro atoms. The van der Waals surface area contributed by atoms with E-state index >= 15 is 0 Å². The van der Waals surface area contributed by atoms with Gasteiger partial charge in [0, 0.05) is 23.9 Å². The number of nitrogens with one attached hydrogen (secondary N) is 1. The highest BCUT2D eigenvalue weighted by atomic mass is 32.2.